The number of hydrogen-bond acceptors (Lipinski definition) is 2. The number of rotatable bonds is 6. The molecule has 0 bridgehead atoms. The van der Waals surface area contributed by atoms with Crippen LogP contribution < -0.4 is 10.6 Å². The lowest BCUT2D eigenvalue weighted by Gasteiger charge is -2.30. The fourth-order valence-corrected chi connectivity index (χ4v) is 4.19. The second-order valence-corrected chi connectivity index (χ2v) is 8.71. The van der Waals surface area contributed by atoms with Gasteiger partial charge in [0.1, 0.15) is 11.6 Å². The van der Waals surface area contributed by atoms with Gasteiger partial charge in [-0.1, -0.05) is 36.4 Å². The van der Waals surface area contributed by atoms with Gasteiger partial charge in [0.2, 0.25) is 0 Å². The molecule has 3 aromatic carbocycles. The molecule has 2 atom stereocenters. The lowest BCUT2D eigenvalue weighted by atomic mass is 9.82. The van der Waals surface area contributed by atoms with Crippen molar-refractivity contribution in [3.63, 3.8) is 0 Å². The number of nitrogens with zero attached hydrogens (tertiary/aromatic N) is 1. The predicted molar refractivity (Wildman–Crippen MR) is 130 cm³/mol. The first-order valence-corrected chi connectivity index (χ1v) is 11.6. The molecule has 0 aliphatic rings. The molecule has 0 saturated heterocycles. The van der Waals surface area contributed by atoms with Gasteiger partial charge in [-0.25, -0.2) is 13.6 Å². The van der Waals surface area contributed by atoms with Crippen molar-refractivity contribution < 1.29 is 39.9 Å². The minimum atomic E-state index is -4.94. The highest BCUT2D eigenvalue weighted by atomic mass is 19.4. The van der Waals surface area contributed by atoms with Crippen molar-refractivity contribution in [2.24, 2.45) is 0 Å². The Morgan fingerprint density at radius 2 is 1.40 bits per heavy atom. The van der Waals surface area contributed by atoms with Crippen LogP contribution in [-0.2, 0) is 12.4 Å². The molecular weight excluding hydrogens is 546 g/mol. The van der Waals surface area contributed by atoms with Crippen molar-refractivity contribution in [3.05, 3.63) is 131 Å². The van der Waals surface area contributed by atoms with E-state index in [9.17, 15) is 39.9 Å². The van der Waals surface area contributed by atoms with Gasteiger partial charge in [0.15, 0.2) is 0 Å². The molecule has 4 rings (SSSR count). The van der Waals surface area contributed by atoms with E-state index in [1.807, 2.05) is 0 Å². The number of hydrogen-bond donors (Lipinski definition) is 2. The summed E-state index contributed by atoms with van der Waals surface area (Å²) in [6, 6.07) is 12.8. The summed E-state index contributed by atoms with van der Waals surface area (Å²) in [5.74, 6) is -3.27. The molecule has 0 saturated carbocycles. The predicted octanol–water partition coefficient (Wildman–Crippen LogP) is 8.09. The summed E-state index contributed by atoms with van der Waals surface area (Å²) in [6.45, 7) is 0. The van der Waals surface area contributed by atoms with Gasteiger partial charge in [-0.3, -0.25) is 4.98 Å². The number of halogens is 8. The van der Waals surface area contributed by atoms with Crippen molar-refractivity contribution in [1.29, 1.82) is 0 Å². The van der Waals surface area contributed by atoms with Crippen LogP contribution in [0.25, 0.3) is 0 Å². The molecule has 2 amide bonds. The van der Waals surface area contributed by atoms with Gasteiger partial charge in [0.05, 0.1) is 22.9 Å². The third kappa shape index (κ3) is 6.93. The van der Waals surface area contributed by atoms with Crippen molar-refractivity contribution in [2.75, 3.05) is 5.32 Å². The van der Waals surface area contributed by atoms with E-state index in [1.54, 1.807) is 6.07 Å². The number of benzene rings is 3. The summed E-state index contributed by atoms with van der Waals surface area (Å²) >= 11 is 0. The second kappa shape index (κ2) is 11.3. The van der Waals surface area contributed by atoms with E-state index in [0.717, 1.165) is 24.4 Å². The molecule has 0 spiro atoms. The van der Waals surface area contributed by atoms with Crippen molar-refractivity contribution in [2.45, 2.75) is 24.3 Å². The SMILES string of the molecule is O=C(Nc1cccc(F)c1)NC(c1cc(C(F)(F)F)ccn1)C(c1ccccc1)c1cc(F)cc(C(F)(F)F)c1. The fourth-order valence-electron chi connectivity index (χ4n) is 4.19. The quantitative estimate of drug-likeness (QED) is 0.232. The summed E-state index contributed by atoms with van der Waals surface area (Å²) in [5, 5.41) is 4.79. The van der Waals surface area contributed by atoms with Gasteiger partial charge in [0, 0.05) is 17.8 Å². The highest BCUT2D eigenvalue weighted by Crippen LogP contribution is 2.40. The molecule has 0 radical (unpaired) electrons. The number of amides is 2. The Morgan fingerprint density at radius 3 is 2.05 bits per heavy atom. The largest absolute Gasteiger partial charge is 0.416 e. The van der Waals surface area contributed by atoms with Gasteiger partial charge < -0.3 is 10.6 Å². The molecule has 4 nitrogen and oxygen atoms in total. The number of carbonyl (C=O) groups is 1. The summed E-state index contributed by atoms with van der Waals surface area (Å²) in [6.07, 6.45) is -8.91. The lowest BCUT2D eigenvalue weighted by molar-refractivity contribution is -0.138. The summed E-state index contributed by atoms with van der Waals surface area (Å²) in [7, 11) is 0. The molecule has 2 unspecified atom stereocenters. The Labute approximate surface area is 222 Å². The molecule has 1 aromatic heterocycles. The normalized spacial score (nSPS) is 13.4. The Morgan fingerprint density at radius 1 is 0.700 bits per heavy atom. The molecule has 12 heteroatoms. The molecular formula is C28H19F8N3O. The summed E-state index contributed by atoms with van der Waals surface area (Å²) in [5.41, 5.74) is -2.86. The Hall–Kier alpha value is -4.48. The third-order valence-electron chi connectivity index (χ3n) is 5.89. The third-order valence-corrected chi connectivity index (χ3v) is 5.89. The monoisotopic (exact) mass is 565 g/mol. The fraction of sp³-hybridized carbons (Fsp3) is 0.143. The zero-order chi connectivity index (χ0) is 29.1. The van der Waals surface area contributed by atoms with Crippen molar-refractivity contribution >= 4 is 11.7 Å². The smallest absolute Gasteiger partial charge is 0.329 e. The topological polar surface area (TPSA) is 54.0 Å². The second-order valence-electron chi connectivity index (χ2n) is 8.71. The molecule has 0 aliphatic heterocycles. The molecule has 40 heavy (non-hydrogen) atoms. The Bertz CT molecular complexity index is 1490. The first kappa shape index (κ1) is 28.5. The number of urea groups is 1. The molecule has 0 fully saturated rings. The molecule has 1 heterocycles. The minimum absolute atomic E-state index is 0.00498. The molecule has 2 N–H and O–H groups in total. The van der Waals surface area contributed by atoms with Gasteiger partial charge in [-0.05, 0) is 59.7 Å². The van der Waals surface area contributed by atoms with Gasteiger partial charge in [-0.15, -0.1) is 0 Å². The van der Waals surface area contributed by atoms with Crippen LogP contribution in [0.4, 0.5) is 45.6 Å². The first-order chi connectivity index (χ1) is 18.8. The van der Waals surface area contributed by atoms with Crippen LogP contribution in [-0.4, -0.2) is 11.0 Å². The van der Waals surface area contributed by atoms with E-state index in [-0.39, 0.29) is 28.6 Å². The number of carbonyl (C=O) groups excluding carboxylic acids is 1. The van der Waals surface area contributed by atoms with Crippen LogP contribution in [0, 0.1) is 11.6 Å². The molecule has 0 aliphatic carbocycles. The van der Waals surface area contributed by atoms with E-state index in [1.165, 1.54) is 36.4 Å². The maximum atomic E-state index is 14.5. The number of nitrogens with one attached hydrogen (secondary N) is 2. The van der Waals surface area contributed by atoms with Crippen molar-refractivity contribution in [3.8, 4) is 0 Å². The standard InChI is InChI=1S/C28H19F8N3O/c29-20-7-4-8-22(15-20)38-26(40)39-25(23-14-18(9-10-37-23)27(31,32)33)24(16-5-2-1-3-6-16)17-11-19(28(34,35)36)13-21(30)12-17/h1-15,24-25H,(H2,38,39,40). The number of anilines is 1. The van der Waals surface area contributed by atoms with Gasteiger partial charge in [0.25, 0.3) is 0 Å². The highest BCUT2D eigenvalue weighted by molar-refractivity contribution is 5.89. The zero-order valence-corrected chi connectivity index (χ0v) is 20.2. The van der Waals surface area contributed by atoms with Crippen LogP contribution in [0.5, 0.6) is 0 Å². The van der Waals surface area contributed by atoms with E-state index < -0.39 is 53.1 Å². The van der Waals surface area contributed by atoms with Crippen molar-refractivity contribution in [1.82, 2.24) is 10.3 Å². The van der Waals surface area contributed by atoms with Gasteiger partial charge in [-0.2, -0.15) is 26.3 Å². The van der Waals surface area contributed by atoms with Crippen LogP contribution in [0.1, 0.15) is 39.9 Å². The van der Waals surface area contributed by atoms with Crippen LogP contribution in [0.15, 0.2) is 91.1 Å². The molecule has 208 valence electrons. The van der Waals surface area contributed by atoms with E-state index in [4.69, 9.17) is 0 Å². The van der Waals surface area contributed by atoms with Crippen LogP contribution >= 0.6 is 0 Å². The minimum Gasteiger partial charge on any atom is -0.329 e. The maximum absolute atomic E-state index is 14.5. The number of aromatic nitrogens is 1. The first-order valence-electron chi connectivity index (χ1n) is 11.6. The zero-order valence-electron chi connectivity index (χ0n) is 20.2. The number of alkyl halides is 6. The Balaban J connectivity index is 1.88. The average molecular weight is 565 g/mol. The number of pyridine rings is 1. The maximum Gasteiger partial charge on any atom is 0.416 e. The van der Waals surface area contributed by atoms with E-state index in [0.29, 0.717) is 18.2 Å². The Kier molecular flexibility index (Phi) is 8.08. The average Bonchev–Trinajstić information content (AvgIpc) is 2.88. The van der Waals surface area contributed by atoms with Crippen LogP contribution in [0.2, 0.25) is 0 Å². The summed E-state index contributed by atoms with van der Waals surface area (Å²) in [4.78, 5) is 17.0. The van der Waals surface area contributed by atoms with E-state index >= 15 is 0 Å². The lowest BCUT2D eigenvalue weighted by Crippen LogP contribution is -2.37. The summed E-state index contributed by atoms with van der Waals surface area (Å²) < 4.78 is 110. The van der Waals surface area contributed by atoms with Gasteiger partial charge >= 0.3 is 18.4 Å². The highest BCUT2D eigenvalue weighted by Gasteiger charge is 2.37. The van der Waals surface area contributed by atoms with Crippen LogP contribution in [0.3, 0.4) is 0 Å². The van der Waals surface area contributed by atoms with E-state index in [2.05, 4.69) is 15.6 Å². The molecule has 4 aromatic rings.